The maximum Gasteiger partial charge on any atom is 0.265 e. The Hall–Kier alpha value is -1.55. The Morgan fingerprint density at radius 3 is 2.56 bits per heavy atom. The highest BCUT2D eigenvalue weighted by Crippen LogP contribution is 2.16. The Balaban J connectivity index is 2.01. The molecule has 1 heterocycles. The zero-order valence-electron chi connectivity index (χ0n) is 11.1. The van der Waals surface area contributed by atoms with Gasteiger partial charge in [0.05, 0.1) is 0 Å². The van der Waals surface area contributed by atoms with Crippen molar-refractivity contribution in [2.24, 2.45) is 0 Å². The van der Waals surface area contributed by atoms with Crippen LogP contribution >= 0.6 is 0 Å². The van der Waals surface area contributed by atoms with E-state index in [4.69, 9.17) is 0 Å². The van der Waals surface area contributed by atoms with Gasteiger partial charge in [0.2, 0.25) is 0 Å². The zero-order chi connectivity index (χ0) is 13.0. The van der Waals surface area contributed by atoms with Crippen molar-refractivity contribution < 1.29 is 4.79 Å². The van der Waals surface area contributed by atoms with Crippen molar-refractivity contribution >= 4 is 11.6 Å². The maximum absolute atomic E-state index is 12.1. The van der Waals surface area contributed by atoms with Crippen LogP contribution in [0.25, 0.3) is 0 Å². The summed E-state index contributed by atoms with van der Waals surface area (Å²) < 4.78 is 0. The first-order valence-electron chi connectivity index (χ1n) is 6.55. The molecule has 4 heteroatoms. The van der Waals surface area contributed by atoms with Crippen LogP contribution in [-0.2, 0) is 0 Å². The lowest BCUT2D eigenvalue weighted by molar-refractivity contribution is 0.0750. The van der Waals surface area contributed by atoms with E-state index in [1.165, 1.54) is 6.42 Å². The van der Waals surface area contributed by atoms with E-state index in [2.05, 4.69) is 10.7 Å². The molecule has 98 valence electrons. The molecule has 0 atom stereocenters. The number of hydrogen-bond donors (Lipinski definition) is 2. The van der Waals surface area contributed by atoms with Crippen molar-refractivity contribution in [3.63, 3.8) is 0 Å². The highest BCUT2D eigenvalue weighted by atomic mass is 16.2. The number of benzene rings is 1. The van der Waals surface area contributed by atoms with Gasteiger partial charge in [0.25, 0.3) is 5.91 Å². The summed E-state index contributed by atoms with van der Waals surface area (Å²) in [5.74, 6) is -0.0114. The standard InChI is InChI=1S/C14H21N3O/c1-11-10-12(6-7-13(11)15-2)14(18)16-17-8-4-3-5-9-17/h6-7,10,15H,3-5,8-9H2,1-2H3,(H,16,18). The van der Waals surface area contributed by atoms with Crippen LogP contribution in [0, 0.1) is 6.92 Å². The Morgan fingerprint density at radius 1 is 1.22 bits per heavy atom. The lowest BCUT2D eigenvalue weighted by Crippen LogP contribution is -2.45. The van der Waals surface area contributed by atoms with Crippen LogP contribution in [0.5, 0.6) is 0 Å². The molecule has 1 aromatic rings. The zero-order valence-corrected chi connectivity index (χ0v) is 11.1. The van der Waals surface area contributed by atoms with E-state index in [1.807, 2.05) is 37.2 Å². The SMILES string of the molecule is CNc1ccc(C(=O)NN2CCCCC2)cc1C. The molecule has 1 aromatic carbocycles. The number of piperidine rings is 1. The predicted molar refractivity (Wildman–Crippen MR) is 73.6 cm³/mol. The van der Waals surface area contributed by atoms with E-state index in [0.717, 1.165) is 42.7 Å². The number of amides is 1. The summed E-state index contributed by atoms with van der Waals surface area (Å²) >= 11 is 0. The van der Waals surface area contributed by atoms with Crippen molar-refractivity contribution in [3.8, 4) is 0 Å². The summed E-state index contributed by atoms with van der Waals surface area (Å²) in [5, 5.41) is 5.12. The number of rotatable bonds is 3. The van der Waals surface area contributed by atoms with Crippen LogP contribution < -0.4 is 10.7 Å². The number of hydrogen-bond acceptors (Lipinski definition) is 3. The molecule has 18 heavy (non-hydrogen) atoms. The smallest absolute Gasteiger partial charge is 0.265 e. The molecule has 0 aromatic heterocycles. The minimum absolute atomic E-state index is 0.0114. The molecule has 0 bridgehead atoms. The topological polar surface area (TPSA) is 44.4 Å². The monoisotopic (exact) mass is 247 g/mol. The first-order chi connectivity index (χ1) is 8.70. The fourth-order valence-electron chi connectivity index (χ4n) is 2.30. The summed E-state index contributed by atoms with van der Waals surface area (Å²) in [5.41, 5.74) is 5.84. The maximum atomic E-state index is 12.1. The average molecular weight is 247 g/mol. The van der Waals surface area contributed by atoms with E-state index in [1.54, 1.807) is 0 Å². The van der Waals surface area contributed by atoms with Crippen LogP contribution in [0.3, 0.4) is 0 Å². The number of hydrazine groups is 1. The molecule has 2 N–H and O–H groups in total. The fraction of sp³-hybridized carbons (Fsp3) is 0.500. The Kier molecular flexibility index (Phi) is 4.20. The molecule has 2 rings (SSSR count). The quantitative estimate of drug-likeness (QED) is 0.860. The minimum Gasteiger partial charge on any atom is -0.388 e. The van der Waals surface area contributed by atoms with Crippen molar-refractivity contribution in [3.05, 3.63) is 29.3 Å². The number of anilines is 1. The largest absolute Gasteiger partial charge is 0.388 e. The van der Waals surface area contributed by atoms with Gasteiger partial charge in [0.15, 0.2) is 0 Å². The first kappa shape index (κ1) is 12.9. The molecule has 1 aliphatic rings. The lowest BCUT2D eigenvalue weighted by atomic mass is 10.1. The molecule has 0 saturated carbocycles. The lowest BCUT2D eigenvalue weighted by Gasteiger charge is -2.26. The Bertz CT molecular complexity index is 425. The third kappa shape index (κ3) is 3.01. The Morgan fingerprint density at radius 2 is 1.94 bits per heavy atom. The molecule has 0 radical (unpaired) electrons. The molecule has 0 spiro atoms. The van der Waals surface area contributed by atoms with Gasteiger partial charge in [-0.3, -0.25) is 10.2 Å². The second-order valence-corrected chi connectivity index (χ2v) is 4.77. The molecule has 1 aliphatic heterocycles. The number of aryl methyl sites for hydroxylation is 1. The number of carbonyl (C=O) groups is 1. The van der Waals surface area contributed by atoms with Crippen LogP contribution in [0.4, 0.5) is 5.69 Å². The van der Waals surface area contributed by atoms with Gasteiger partial charge in [-0.15, -0.1) is 0 Å². The van der Waals surface area contributed by atoms with Crippen molar-refractivity contribution in [1.29, 1.82) is 0 Å². The van der Waals surface area contributed by atoms with Crippen LogP contribution in [0.2, 0.25) is 0 Å². The van der Waals surface area contributed by atoms with Gasteiger partial charge in [-0.05, 0) is 43.5 Å². The van der Waals surface area contributed by atoms with Gasteiger partial charge < -0.3 is 5.32 Å². The summed E-state index contributed by atoms with van der Waals surface area (Å²) in [7, 11) is 1.88. The molecule has 4 nitrogen and oxygen atoms in total. The van der Waals surface area contributed by atoms with E-state index < -0.39 is 0 Å². The predicted octanol–water partition coefficient (Wildman–Crippen LogP) is 2.17. The number of nitrogens with zero attached hydrogens (tertiary/aromatic N) is 1. The van der Waals surface area contributed by atoms with E-state index in [-0.39, 0.29) is 5.91 Å². The minimum atomic E-state index is -0.0114. The van der Waals surface area contributed by atoms with Gasteiger partial charge in [-0.1, -0.05) is 6.42 Å². The van der Waals surface area contributed by atoms with Gasteiger partial charge in [-0.2, -0.15) is 0 Å². The summed E-state index contributed by atoms with van der Waals surface area (Å²) in [4.78, 5) is 12.1. The Labute approximate surface area is 108 Å². The number of nitrogens with one attached hydrogen (secondary N) is 2. The van der Waals surface area contributed by atoms with E-state index >= 15 is 0 Å². The molecular weight excluding hydrogens is 226 g/mol. The fourth-order valence-corrected chi connectivity index (χ4v) is 2.30. The third-order valence-corrected chi connectivity index (χ3v) is 3.37. The highest BCUT2D eigenvalue weighted by Gasteiger charge is 2.14. The van der Waals surface area contributed by atoms with Crippen molar-refractivity contribution in [2.45, 2.75) is 26.2 Å². The van der Waals surface area contributed by atoms with Gasteiger partial charge >= 0.3 is 0 Å². The van der Waals surface area contributed by atoms with E-state index in [9.17, 15) is 4.79 Å². The second-order valence-electron chi connectivity index (χ2n) is 4.77. The van der Waals surface area contributed by atoms with Gasteiger partial charge in [0.1, 0.15) is 0 Å². The van der Waals surface area contributed by atoms with Crippen LogP contribution in [0.1, 0.15) is 35.2 Å². The molecule has 1 saturated heterocycles. The molecule has 0 unspecified atom stereocenters. The molecule has 1 fully saturated rings. The first-order valence-corrected chi connectivity index (χ1v) is 6.55. The summed E-state index contributed by atoms with van der Waals surface area (Å²) in [6.45, 7) is 3.92. The van der Waals surface area contributed by atoms with Crippen LogP contribution in [0.15, 0.2) is 18.2 Å². The normalized spacial score (nSPS) is 16.3. The molecular formula is C14H21N3O. The molecule has 1 amide bonds. The average Bonchev–Trinajstić information content (AvgIpc) is 2.39. The van der Waals surface area contributed by atoms with Crippen molar-refractivity contribution in [1.82, 2.24) is 10.4 Å². The summed E-state index contributed by atoms with van der Waals surface area (Å²) in [6.07, 6.45) is 3.60. The van der Waals surface area contributed by atoms with Gasteiger partial charge in [0, 0.05) is 31.4 Å². The third-order valence-electron chi connectivity index (χ3n) is 3.37. The van der Waals surface area contributed by atoms with Crippen molar-refractivity contribution in [2.75, 3.05) is 25.5 Å². The molecule has 0 aliphatic carbocycles. The second kappa shape index (κ2) is 5.87. The highest BCUT2D eigenvalue weighted by molar-refractivity contribution is 5.94. The number of carbonyl (C=O) groups excluding carboxylic acids is 1. The van der Waals surface area contributed by atoms with Crippen LogP contribution in [-0.4, -0.2) is 31.1 Å². The van der Waals surface area contributed by atoms with Gasteiger partial charge in [-0.25, -0.2) is 5.01 Å². The summed E-state index contributed by atoms with van der Waals surface area (Å²) in [6, 6.07) is 5.73. The van der Waals surface area contributed by atoms with E-state index in [0.29, 0.717) is 0 Å².